The molecule has 1 atom stereocenters. The molecule has 0 saturated carbocycles. The molecule has 0 aliphatic rings. The average molecular weight is 239 g/mol. The second-order valence-corrected chi connectivity index (χ2v) is 3.75. The third-order valence-corrected chi connectivity index (χ3v) is 2.49. The molecule has 0 bridgehead atoms. The van der Waals surface area contributed by atoms with Gasteiger partial charge in [0.25, 0.3) is 0 Å². The number of esters is 1. The number of benzene rings is 1. The zero-order chi connectivity index (χ0) is 12.8. The summed E-state index contributed by atoms with van der Waals surface area (Å²) in [6, 6.07) is 4.32. The summed E-state index contributed by atoms with van der Waals surface area (Å²) in [5.74, 6) is -0.226. The molecule has 1 unspecified atom stereocenters. The maximum Gasteiger partial charge on any atom is 0.306 e. The highest BCUT2D eigenvalue weighted by Gasteiger charge is 2.10. The predicted molar refractivity (Wildman–Crippen MR) is 62.8 cm³/mol. The minimum Gasteiger partial charge on any atom is -0.508 e. The molecule has 0 aliphatic heterocycles. The molecule has 94 valence electrons. The van der Waals surface area contributed by atoms with E-state index >= 15 is 0 Å². The lowest BCUT2D eigenvalue weighted by atomic mass is 10.1. The van der Waals surface area contributed by atoms with Crippen LogP contribution in [0.2, 0.25) is 0 Å². The van der Waals surface area contributed by atoms with E-state index in [1.165, 1.54) is 19.2 Å². The average Bonchev–Trinajstić information content (AvgIpc) is 2.28. The summed E-state index contributed by atoms with van der Waals surface area (Å²) >= 11 is 0. The number of phenolic OH excluding ortho intramolecular Hbond substituents is 2. The van der Waals surface area contributed by atoms with E-state index in [-0.39, 0.29) is 29.9 Å². The fourth-order valence-electron chi connectivity index (χ4n) is 1.50. The molecule has 1 aromatic carbocycles. The van der Waals surface area contributed by atoms with E-state index in [2.05, 4.69) is 10.1 Å². The molecule has 0 amide bonds. The van der Waals surface area contributed by atoms with Gasteiger partial charge in [0.2, 0.25) is 0 Å². The van der Waals surface area contributed by atoms with Crippen LogP contribution in [0.15, 0.2) is 18.2 Å². The van der Waals surface area contributed by atoms with E-state index in [1.807, 2.05) is 6.92 Å². The molecule has 0 radical (unpaired) electrons. The van der Waals surface area contributed by atoms with Crippen molar-refractivity contribution < 1.29 is 19.7 Å². The molecule has 5 heteroatoms. The van der Waals surface area contributed by atoms with E-state index in [1.54, 1.807) is 6.07 Å². The van der Waals surface area contributed by atoms with Gasteiger partial charge < -0.3 is 20.3 Å². The molecular formula is C12H17NO4. The largest absolute Gasteiger partial charge is 0.508 e. The van der Waals surface area contributed by atoms with Crippen LogP contribution in [0.5, 0.6) is 11.5 Å². The van der Waals surface area contributed by atoms with Crippen LogP contribution in [0.1, 0.15) is 24.9 Å². The number of carbonyl (C=O) groups is 1. The highest BCUT2D eigenvalue weighted by atomic mass is 16.5. The van der Waals surface area contributed by atoms with Crippen molar-refractivity contribution in [2.45, 2.75) is 19.4 Å². The molecule has 0 heterocycles. The Labute approximate surface area is 100 Å². The molecular weight excluding hydrogens is 222 g/mol. The van der Waals surface area contributed by atoms with Crippen LogP contribution in [0.25, 0.3) is 0 Å². The van der Waals surface area contributed by atoms with E-state index < -0.39 is 0 Å². The molecule has 1 rings (SSSR count). The van der Waals surface area contributed by atoms with Gasteiger partial charge in [-0.25, -0.2) is 0 Å². The van der Waals surface area contributed by atoms with Crippen LogP contribution in [-0.2, 0) is 9.53 Å². The summed E-state index contributed by atoms with van der Waals surface area (Å²) in [4.78, 5) is 10.9. The number of ether oxygens (including phenoxy) is 1. The number of methoxy groups -OCH3 is 1. The molecule has 17 heavy (non-hydrogen) atoms. The van der Waals surface area contributed by atoms with Crippen LogP contribution in [0, 0.1) is 0 Å². The minimum atomic E-state index is -0.278. The molecule has 0 spiro atoms. The highest BCUT2D eigenvalue weighted by Crippen LogP contribution is 2.27. The van der Waals surface area contributed by atoms with Crippen LogP contribution in [-0.4, -0.2) is 29.8 Å². The first-order valence-electron chi connectivity index (χ1n) is 5.36. The molecule has 1 aromatic rings. The molecule has 0 aliphatic carbocycles. The lowest BCUT2D eigenvalue weighted by molar-refractivity contribution is -0.140. The third kappa shape index (κ3) is 3.96. The predicted octanol–water partition coefficient (Wildman–Crippen LogP) is 1.31. The Morgan fingerprint density at radius 3 is 2.76 bits per heavy atom. The highest BCUT2D eigenvalue weighted by molar-refractivity contribution is 5.69. The Morgan fingerprint density at radius 2 is 2.18 bits per heavy atom. The van der Waals surface area contributed by atoms with E-state index in [4.69, 9.17) is 5.11 Å². The first-order chi connectivity index (χ1) is 8.04. The Balaban J connectivity index is 2.52. The minimum absolute atomic E-state index is 0.0213. The lowest BCUT2D eigenvalue weighted by Gasteiger charge is -2.15. The Hall–Kier alpha value is -1.75. The van der Waals surface area contributed by atoms with Gasteiger partial charge in [0.15, 0.2) is 0 Å². The Morgan fingerprint density at radius 1 is 1.47 bits per heavy atom. The zero-order valence-electron chi connectivity index (χ0n) is 9.93. The van der Waals surface area contributed by atoms with Gasteiger partial charge in [-0.3, -0.25) is 4.79 Å². The van der Waals surface area contributed by atoms with Crippen molar-refractivity contribution in [3.63, 3.8) is 0 Å². The molecule has 3 N–H and O–H groups in total. The van der Waals surface area contributed by atoms with Crippen molar-refractivity contribution in [1.29, 1.82) is 0 Å². The quantitative estimate of drug-likeness (QED) is 0.675. The van der Waals surface area contributed by atoms with Gasteiger partial charge in [-0.05, 0) is 13.0 Å². The molecule has 0 fully saturated rings. The molecule has 0 saturated heterocycles. The van der Waals surface area contributed by atoms with Gasteiger partial charge in [0.05, 0.1) is 13.5 Å². The third-order valence-electron chi connectivity index (χ3n) is 2.49. The van der Waals surface area contributed by atoms with Crippen molar-refractivity contribution in [2.24, 2.45) is 0 Å². The van der Waals surface area contributed by atoms with Crippen molar-refractivity contribution in [2.75, 3.05) is 13.7 Å². The maximum absolute atomic E-state index is 10.9. The fraction of sp³-hybridized carbons (Fsp3) is 0.417. The Bertz CT molecular complexity index is 392. The SMILES string of the molecule is COC(=O)CCNC(C)c1ccc(O)cc1O. The van der Waals surface area contributed by atoms with E-state index in [9.17, 15) is 9.90 Å². The summed E-state index contributed by atoms with van der Waals surface area (Å²) in [5, 5.41) is 21.9. The summed E-state index contributed by atoms with van der Waals surface area (Å²) in [5.41, 5.74) is 0.674. The monoisotopic (exact) mass is 239 g/mol. The maximum atomic E-state index is 10.9. The van der Waals surface area contributed by atoms with Gasteiger partial charge in [0.1, 0.15) is 11.5 Å². The molecule has 0 aromatic heterocycles. The zero-order valence-corrected chi connectivity index (χ0v) is 9.93. The van der Waals surface area contributed by atoms with Crippen LogP contribution < -0.4 is 5.32 Å². The number of phenols is 2. The summed E-state index contributed by atoms with van der Waals surface area (Å²) in [7, 11) is 1.34. The van der Waals surface area contributed by atoms with Gasteiger partial charge in [-0.2, -0.15) is 0 Å². The first kappa shape index (κ1) is 13.3. The second kappa shape index (κ2) is 6.10. The smallest absolute Gasteiger partial charge is 0.306 e. The fourth-order valence-corrected chi connectivity index (χ4v) is 1.50. The van der Waals surface area contributed by atoms with Crippen LogP contribution in [0.4, 0.5) is 0 Å². The van der Waals surface area contributed by atoms with Crippen LogP contribution in [0.3, 0.4) is 0 Å². The van der Waals surface area contributed by atoms with Crippen molar-refractivity contribution >= 4 is 5.97 Å². The standard InChI is InChI=1S/C12H17NO4/c1-8(13-6-5-12(16)17-2)10-4-3-9(14)7-11(10)15/h3-4,7-8,13-15H,5-6H2,1-2H3. The summed E-state index contributed by atoms with van der Waals surface area (Å²) in [6.45, 7) is 2.33. The summed E-state index contributed by atoms with van der Waals surface area (Å²) < 4.78 is 4.52. The van der Waals surface area contributed by atoms with Crippen LogP contribution >= 0.6 is 0 Å². The van der Waals surface area contributed by atoms with Gasteiger partial charge >= 0.3 is 5.97 Å². The topological polar surface area (TPSA) is 78.8 Å². The van der Waals surface area contributed by atoms with Crippen molar-refractivity contribution in [3.05, 3.63) is 23.8 Å². The summed E-state index contributed by atoms with van der Waals surface area (Å²) in [6.07, 6.45) is 0.277. The lowest BCUT2D eigenvalue weighted by Crippen LogP contribution is -2.22. The van der Waals surface area contributed by atoms with Crippen molar-refractivity contribution in [3.8, 4) is 11.5 Å². The normalized spacial score (nSPS) is 12.1. The van der Waals surface area contributed by atoms with Gasteiger partial charge in [-0.15, -0.1) is 0 Å². The number of rotatable bonds is 5. The number of nitrogens with one attached hydrogen (secondary N) is 1. The first-order valence-corrected chi connectivity index (χ1v) is 5.36. The van der Waals surface area contributed by atoms with Gasteiger partial charge in [0, 0.05) is 24.2 Å². The number of carbonyl (C=O) groups excluding carboxylic acids is 1. The number of aromatic hydroxyl groups is 2. The van der Waals surface area contributed by atoms with Gasteiger partial charge in [-0.1, -0.05) is 6.07 Å². The van der Waals surface area contributed by atoms with E-state index in [0.717, 1.165) is 0 Å². The Kier molecular flexibility index (Phi) is 4.78. The number of hydrogen-bond donors (Lipinski definition) is 3. The van der Waals surface area contributed by atoms with E-state index in [0.29, 0.717) is 12.1 Å². The molecule has 5 nitrogen and oxygen atoms in total. The van der Waals surface area contributed by atoms with Crippen molar-refractivity contribution in [1.82, 2.24) is 5.32 Å². The second-order valence-electron chi connectivity index (χ2n) is 3.75. The number of hydrogen-bond acceptors (Lipinski definition) is 5.